The predicted octanol–water partition coefficient (Wildman–Crippen LogP) is 7.06. The normalized spacial score (nSPS) is 12.0. The van der Waals surface area contributed by atoms with E-state index in [0.29, 0.717) is 33.7 Å². The summed E-state index contributed by atoms with van der Waals surface area (Å²) in [5, 5.41) is 3.56. The highest BCUT2D eigenvalue weighted by Crippen LogP contribution is 2.29. The molecule has 0 heterocycles. The molecule has 4 aromatic carbocycles. The van der Waals surface area contributed by atoms with Crippen LogP contribution >= 0.6 is 23.2 Å². The molecule has 0 spiro atoms. The number of sulfonamides is 1. The van der Waals surface area contributed by atoms with E-state index in [1.54, 1.807) is 54.6 Å². The van der Waals surface area contributed by atoms with Crippen LogP contribution in [0.2, 0.25) is 10.0 Å². The number of ether oxygens (including phenoxy) is 1. The molecule has 0 fully saturated rings. The van der Waals surface area contributed by atoms with Crippen molar-refractivity contribution in [1.82, 2.24) is 10.2 Å². The van der Waals surface area contributed by atoms with Crippen LogP contribution in [0.3, 0.4) is 0 Å². The van der Waals surface area contributed by atoms with Crippen molar-refractivity contribution in [3.05, 3.63) is 124 Å². The van der Waals surface area contributed by atoms with Crippen LogP contribution in [0.5, 0.6) is 5.75 Å². The Balaban J connectivity index is 1.82. The van der Waals surface area contributed by atoms with Gasteiger partial charge in [0.2, 0.25) is 11.8 Å². The summed E-state index contributed by atoms with van der Waals surface area (Å²) in [4.78, 5) is 29.8. The molecule has 11 heteroatoms. The van der Waals surface area contributed by atoms with Crippen LogP contribution in [0.1, 0.15) is 37.5 Å². The number of amides is 2. The van der Waals surface area contributed by atoms with E-state index in [4.69, 9.17) is 27.9 Å². The number of nitrogens with one attached hydrogen (secondary N) is 1. The predicted molar refractivity (Wildman–Crippen MR) is 188 cm³/mol. The van der Waals surface area contributed by atoms with E-state index in [1.165, 1.54) is 17.0 Å². The molecular weight excluding hydrogens is 657 g/mol. The lowest BCUT2D eigenvalue weighted by Gasteiger charge is -2.34. The number of nitrogens with zero attached hydrogens (tertiary/aromatic N) is 2. The maximum absolute atomic E-state index is 14.6. The molecule has 2 amide bonds. The molecule has 8 nitrogen and oxygen atoms in total. The van der Waals surface area contributed by atoms with Crippen molar-refractivity contribution >= 4 is 50.7 Å². The second-order valence-corrected chi connectivity index (χ2v) is 14.0. The molecule has 4 rings (SSSR count). The van der Waals surface area contributed by atoms with Gasteiger partial charge in [-0.25, -0.2) is 8.42 Å². The molecule has 0 aliphatic carbocycles. The third kappa shape index (κ3) is 9.28. The van der Waals surface area contributed by atoms with Crippen molar-refractivity contribution < 1.29 is 22.7 Å². The SMILES string of the molecule is CCOc1ccc(S(=O)(=O)N(CC(=O)N(Cc2c(Cl)cccc2Cl)[C@@H](Cc2ccccc2)C(=O)NC(C)C)c2ccc(C)cc2)cc1. The molecular formula is C36H39Cl2N3O5S. The molecule has 0 aliphatic heterocycles. The average molecular weight is 697 g/mol. The van der Waals surface area contributed by atoms with E-state index in [1.807, 2.05) is 58.0 Å². The van der Waals surface area contributed by atoms with Crippen molar-refractivity contribution in [2.75, 3.05) is 17.5 Å². The molecule has 0 radical (unpaired) electrons. The molecule has 0 bridgehead atoms. The van der Waals surface area contributed by atoms with Crippen molar-refractivity contribution in [1.29, 1.82) is 0 Å². The fraction of sp³-hybridized carbons (Fsp3) is 0.278. The summed E-state index contributed by atoms with van der Waals surface area (Å²) in [6.07, 6.45) is 0.170. The molecule has 0 saturated heterocycles. The van der Waals surface area contributed by atoms with Crippen LogP contribution < -0.4 is 14.4 Å². The van der Waals surface area contributed by atoms with Crippen LogP contribution in [0.4, 0.5) is 5.69 Å². The van der Waals surface area contributed by atoms with Gasteiger partial charge in [-0.05, 0) is 81.8 Å². The van der Waals surface area contributed by atoms with E-state index < -0.39 is 34.4 Å². The third-order valence-electron chi connectivity index (χ3n) is 7.42. The number of carbonyl (C=O) groups excluding carboxylic acids is 2. The molecule has 0 aromatic heterocycles. The fourth-order valence-corrected chi connectivity index (χ4v) is 6.96. The second kappa shape index (κ2) is 16.2. The zero-order valence-electron chi connectivity index (χ0n) is 26.8. The van der Waals surface area contributed by atoms with Gasteiger partial charge in [0.1, 0.15) is 18.3 Å². The Bertz CT molecular complexity index is 1750. The molecule has 4 aromatic rings. The average Bonchev–Trinajstić information content (AvgIpc) is 3.03. The van der Waals surface area contributed by atoms with Crippen molar-refractivity contribution in [3.8, 4) is 5.75 Å². The maximum Gasteiger partial charge on any atom is 0.264 e. The van der Waals surface area contributed by atoms with Gasteiger partial charge in [0.15, 0.2) is 0 Å². The highest BCUT2D eigenvalue weighted by molar-refractivity contribution is 7.92. The monoisotopic (exact) mass is 695 g/mol. The Hall–Kier alpha value is -4.05. The molecule has 0 saturated carbocycles. The summed E-state index contributed by atoms with van der Waals surface area (Å²) in [6.45, 7) is 7.08. The summed E-state index contributed by atoms with van der Waals surface area (Å²) in [6, 6.07) is 26.0. The molecule has 1 atom stereocenters. The molecule has 47 heavy (non-hydrogen) atoms. The first-order valence-corrected chi connectivity index (χ1v) is 17.5. The minimum atomic E-state index is -4.26. The van der Waals surface area contributed by atoms with Gasteiger partial charge in [-0.1, -0.05) is 77.3 Å². The molecule has 0 aliphatic rings. The lowest BCUT2D eigenvalue weighted by atomic mass is 10.0. The van der Waals surface area contributed by atoms with E-state index >= 15 is 0 Å². The highest BCUT2D eigenvalue weighted by atomic mass is 35.5. The van der Waals surface area contributed by atoms with Gasteiger partial charge in [-0.2, -0.15) is 0 Å². The quantitative estimate of drug-likeness (QED) is 0.152. The summed E-state index contributed by atoms with van der Waals surface area (Å²) in [5.41, 5.74) is 2.47. The van der Waals surface area contributed by atoms with Gasteiger partial charge in [0.25, 0.3) is 10.0 Å². The lowest BCUT2D eigenvalue weighted by Crippen LogP contribution is -2.54. The van der Waals surface area contributed by atoms with E-state index in [0.717, 1.165) is 15.4 Å². The van der Waals surface area contributed by atoms with E-state index in [-0.39, 0.29) is 23.9 Å². The first-order chi connectivity index (χ1) is 22.4. The standard InChI is InChI=1S/C36H39Cl2N3O5S/c1-5-46-29-18-20-30(21-19-29)47(44,45)41(28-16-14-26(4)15-17-28)24-35(42)40(23-31-32(37)12-9-13-33(31)38)34(36(43)39-25(2)3)22-27-10-7-6-8-11-27/h6-21,25,34H,5,22-24H2,1-4H3,(H,39,43)/t34-/m0/s1. The Morgan fingerprint density at radius 3 is 2.04 bits per heavy atom. The Morgan fingerprint density at radius 1 is 0.851 bits per heavy atom. The van der Waals surface area contributed by atoms with E-state index in [9.17, 15) is 18.0 Å². The van der Waals surface area contributed by atoms with Gasteiger partial charge in [0, 0.05) is 34.6 Å². The number of benzene rings is 4. The number of aryl methyl sites for hydroxylation is 1. The number of rotatable bonds is 14. The van der Waals surface area contributed by atoms with Crippen molar-refractivity contribution in [2.45, 2.75) is 57.6 Å². The highest BCUT2D eigenvalue weighted by Gasteiger charge is 2.35. The van der Waals surface area contributed by atoms with Gasteiger partial charge < -0.3 is 15.0 Å². The maximum atomic E-state index is 14.6. The zero-order chi connectivity index (χ0) is 34.1. The largest absolute Gasteiger partial charge is 0.494 e. The minimum Gasteiger partial charge on any atom is -0.494 e. The summed E-state index contributed by atoms with van der Waals surface area (Å²) >= 11 is 13.1. The van der Waals surface area contributed by atoms with Crippen molar-refractivity contribution in [3.63, 3.8) is 0 Å². The lowest BCUT2D eigenvalue weighted by molar-refractivity contribution is -0.140. The van der Waals surface area contributed by atoms with Crippen molar-refractivity contribution in [2.24, 2.45) is 0 Å². The van der Waals surface area contributed by atoms with Crippen LogP contribution in [-0.4, -0.2) is 50.4 Å². The summed E-state index contributed by atoms with van der Waals surface area (Å²) < 4.78 is 35.1. The van der Waals surface area contributed by atoms with Gasteiger partial charge in [-0.15, -0.1) is 0 Å². The first kappa shape index (κ1) is 35.8. The Kier molecular flexibility index (Phi) is 12.3. The topological polar surface area (TPSA) is 96.0 Å². The second-order valence-electron chi connectivity index (χ2n) is 11.3. The number of hydrogen-bond donors (Lipinski definition) is 1. The van der Waals surface area contributed by atoms with Gasteiger partial charge in [0.05, 0.1) is 17.2 Å². The minimum absolute atomic E-state index is 0.0200. The Morgan fingerprint density at radius 2 is 1.47 bits per heavy atom. The van der Waals surface area contributed by atoms with Gasteiger partial charge >= 0.3 is 0 Å². The number of carbonyl (C=O) groups is 2. The summed E-state index contributed by atoms with van der Waals surface area (Å²) in [5.74, 6) is -0.486. The number of anilines is 1. The van der Waals surface area contributed by atoms with E-state index in [2.05, 4.69) is 5.32 Å². The van der Waals surface area contributed by atoms with Crippen LogP contribution in [0.15, 0.2) is 102 Å². The number of hydrogen-bond acceptors (Lipinski definition) is 5. The third-order valence-corrected chi connectivity index (χ3v) is 9.91. The number of halogens is 2. The van der Waals surface area contributed by atoms with Crippen LogP contribution in [0, 0.1) is 6.92 Å². The van der Waals surface area contributed by atoms with Gasteiger partial charge in [-0.3, -0.25) is 13.9 Å². The fourth-order valence-electron chi connectivity index (χ4n) is 5.03. The van der Waals surface area contributed by atoms with Crippen LogP contribution in [0.25, 0.3) is 0 Å². The Labute approximate surface area is 287 Å². The zero-order valence-corrected chi connectivity index (χ0v) is 29.1. The smallest absolute Gasteiger partial charge is 0.264 e. The molecule has 0 unspecified atom stereocenters. The summed E-state index contributed by atoms with van der Waals surface area (Å²) in [7, 11) is -4.26. The first-order valence-electron chi connectivity index (χ1n) is 15.3. The van der Waals surface area contributed by atoms with Crippen LogP contribution in [-0.2, 0) is 32.6 Å². The molecule has 1 N–H and O–H groups in total. The molecule has 248 valence electrons.